The molecular formula is C19H23N3O3. The van der Waals surface area contributed by atoms with E-state index in [2.05, 4.69) is 10.6 Å². The molecule has 4 rings (SSSR count). The van der Waals surface area contributed by atoms with Crippen molar-refractivity contribution in [2.45, 2.75) is 50.1 Å². The molecule has 2 N–H and O–H groups in total. The molecule has 1 aromatic rings. The molecule has 0 unspecified atom stereocenters. The van der Waals surface area contributed by atoms with E-state index in [0.717, 1.165) is 37.7 Å². The van der Waals surface area contributed by atoms with Crippen molar-refractivity contribution in [1.82, 2.24) is 15.5 Å². The number of amides is 3. The minimum atomic E-state index is -0.469. The van der Waals surface area contributed by atoms with Crippen LogP contribution in [0.2, 0.25) is 0 Å². The number of fused-ring (bicyclic) bond motifs is 2. The van der Waals surface area contributed by atoms with Crippen molar-refractivity contribution in [3.8, 4) is 0 Å². The second-order valence-electron chi connectivity index (χ2n) is 7.38. The van der Waals surface area contributed by atoms with Gasteiger partial charge in [-0.05, 0) is 30.9 Å². The molecule has 25 heavy (non-hydrogen) atoms. The summed E-state index contributed by atoms with van der Waals surface area (Å²) in [5, 5.41) is 6.09. The zero-order chi connectivity index (χ0) is 17.4. The van der Waals surface area contributed by atoms with Crippen molar-refractivity contribution < 1.29 is 14.4 Å². The molecule has 6 nitrogen and oxygen atoms in total. The van der Waals surface area contributed by atoms with Crippen LogP contribution in [0.5, 0.6) is 0 Å². The van der Waals surface area contributed by atoms with E-state index in [-0.39, 0.29) is 30.3 Å². The number of hydrogen-bond donors (Lipinski definition) is 2. The van der Waals surface area contributed by atoms with Gasteiger partial charge in [0.05, 0.1) is 24.5 Å². The first-order valence-electron chi connectivity index (χ1n) is 9.05. The van der Waals surface area contributed by atoms with Gasteiger partial charge >= 0.3 is 0 Å². The summed E-state index contributed by atoms with van der Waals surface area (Å²) in [6, 6.07) is 7.58. The van der Waals surface area contributed by atoms with Crippen LogP contribution < -0.4 is 10.6 Å². The van der Waals surface area contributed by atoms with Gasteiger partial charge in [-0.3, -0.25) is 14.4 Å². The lowest BCUT2D eigenvalue weighted by molar-refractivity contribution is -0.124. The molecule has 1 aliphatic carbocycles. The largest absolute Gasteiger partial charge is 0.351 e. The summed E-state index contributed by atoms with van der Waals surface area (Å²) in [5.74, 6) is -0.248. The van der Waals surface area contributed by atoms with Crippen molar-refractivity contribution in [1.29, 1.82) is 0 Å². The van der Waals surface area contributed by atoms with Gasteiger partial charge in [0.1, 0.15) is 0 Å². The summed E-state index contributed by atoms with van der Waals surface area (Å²) in [6.45, 7) is 0.604. The van der Waals surface area contributed by atoms with E-state index < -0.39 is 5.54 Å². The van der Waals surface area contributed by atoms with Crippen LogP contribution in [0.3, 0.4) is 0 Å². The zero-order valence-electron chi connectivity index (χ0n) is 14.2. The number of nitrogens with zero attached hydrogens (tertiary/aromatic N) is 1. The van der Waals surface area contributed by atoms with Gasteiger partial charge in [0.2, 0.25) is 11.8 Å². The average molecular weight is 341 g/mol. The van der Waals surface area contributed by atoms with Crippen LogP contribution in [-0.4, -0.2) is 47.3 Å². The third kappa shape index (κ3) is 2.90. The molecule has 0 bridgehead atoms. The van der Waals surface area contributed by atoms with Gasteiger partial charge in [-0.1, -0.05) is 31.0 Å². The Morgan fingerprint density at radius 2 is 2.12 bits per heavy atom. The van der Waals surface area contributed by atoms with Gasteiger partial charge in [-0.15, -0.1) is 0 Å². The van der Waals surface area contributed by atoms with Crippen molar-refractivity contribution in [2.75, 3.05) is 13.1 Å². The maximum atomic E-state index is 12.6. The van der Waals surface area contributed by atoms with E-state index in [4.69, 9.17) is 0 Å². The normalized spacial score (nSPS) is 28.2. The summed E-state index contributed by atoms with van der Waals surface area (Å²) < 4.78 is 0. The molecule has 0 aromatic heterocycles. The van der Waals surface area contributed by atoms with E-state index in [1.165, 1.54) is 0 Å². The topological polar surface area (TPSA) is 78.5 Å². The Morgan fingerprint density at radius 3 is 3.00 bits per heavy atom. The number of carbonyl (C=O) groups is 3. The number of hydrogen-bond acceptors (Lipinski definition) is 3. The third-order valence-corrected chi connectivity index (χ3v) is 5.75. The molecule has 0 radical (unpaired) electrons. The smallest absolute Gasteiger partial charge is 0.254 e. The number of nitrogens with one attached hydrogen (secondary N) is 2. The molecule has 3 aliphatic rings. The van der Waals surface area contributed by atoms with E-state index in [0.29, 0.717) is 18.5 Å². The summed E-state index contributed by atoms with van der Waals surface area (Å²) in [5.41, 5.74) is 1.26. The quantitative estimate of drug-likeness (QED) is 0.861. The van der Waals surface area contributed by atoms with Gasteiger partial charge in [-0.2, -0.15) is 0 Å². The van der Waals surface area contributed by atoms with Gasteiger partial charge in [0.15, 0.2) is 0 Å². The molecule has 3 amide bonds. The lowest BCUT2D eigenvalue weighted by Gasteiger charge is -2.39. The average Bonchev–Trinajstić information content (AvgIpc) is 2.93. The number of rotatable bonds is 3. The summed E-state index contributed by atoms with van der Waals surface area (Å²) in [6.07, 6.45) is 4.93. The first-order chi connectivity index (χ1) is 12.1. The van der Waals surface area contributed by atoms with E-state index >= 15 is 0 Å². The highest BCUT2D eigenvalue weighted by atomic mass is 16.2. The molecular weight excluding hydrogens is 318 g/mol. The fraction of sp³-hybridized carbons (Fsp3) is 0.526. The van der Waals surface area contributed by atoms with E-state index in [9.17, 15) is 14.4 Å². The number of benzene rings is 1. The first kappa shape index (κ1) is 16.1. The molecule has 2 heterocycles. The van der Waals surface area contributed by atoms with Crippen LogP contribution in [0.15, 0.2) is 24.3 Å². The minimum absolute atomic E-state index is 0.00942. The van der Waals surface area contributed by atoms with Gasteiger partial charge in [0.25, 0.3) is 5.91 Å². The lowest BCUT2D eigenvalue weighted by Crippen LogP contribution is -2.59. The molecule has 6 heteroatoms. The highest BCUT2D eigenvalue weighted by molar-refractivity contribution is 5.98. The van der Waals surface area contributed by atoms with Gasteiger partial charge in [-0.25, -0.2) is 0 Å². The molecule has 1 saturated carbocycles. The fourth-order valence-electron chi connectivity index (χ4n) is 4.50. The zero-order valence-corrected chi connectivity index (χ0v) is 14.2. The Hall–Kier alpha value is -2.37. The summed E-state index contributed by atoms with van der Waals surface area (Å²) in [4.78, 5) is 38.7. The van der Waals surface area contributed by atoms with E-state index in [1.807, 2.05) is 24.3 Å². The van der Waals surface area contributed by atoms with Crippen LogP contribution >= 0.6 is 0 Å². The molecule has 2 atom stereocenters. The Morgan fingerprint density at radius 1 is 1.28 bits per heavy atom. The SMILES string of the molecule is O=C1C[C@]2(NC(=O)CN3CCc4ccccc4C3=O)CCCC[C@@H]2N1. The van der Waals surface area contributed by atoms with Crippen molar-refractivity contribution in [3.63, 3.8) is 0 Å². The second kappa shape index (κ2) is 6.17. The van der Waals surface area contributed by atoms with Crippen LogP contribution in [0.1, 0.15) is 48.0 Å². The van der Waals surface area contributed by atoms with Crippen LogP contribution in [0.4, 0.5) is 0 Å². The molecule has 2 aliphatic heterocycles. The summed E-state index contributed by atoms with van der Waals surface area (Å²) in [7, 11) is 0. The van der Waals surface area contributed by atoms with Gasteiger partial charge in [0, 0.05) is 12.1 Å². The van der Waals surface area contributed by atoms with Crippen molar-refractivity contribution >= 4 is 17.7 Å². The molecule has 132 valence electrons. The Kier molecular flexibility index (Phi) is 3.98. The predicted octanol–water partition coefficient (Wildman–Crippen LogP) is 1.00. The fourth-order valence-corrected chi connectivity index (χ4v) is 4.50. The number of carbonyl (C=O) groups excluding carboxylic acids is 3. The Labute approximate surface area is 147 Å². The predicted molar refractivity (Wildman–Crippen MR) is 91.9 cm³/mol. The minimum Gasteiger partial charge on any atom is -0.351 e. The molecule has 2 fully saturated rings. The third-order valence-electron chi connectivity index (χ3n) is 5.75. The molecule has 0 spiro atoms. The monoisotopic (exact) mass is 341 g/mol. The maximum Gasteiger partial charge on any atom is 0.254 e. The molecule has 1 aromatic carbocycles. The maximum absolute atomic E-state index is 12.6. The second-order valence-corrected chi connectivity index (χ2v) is 7.38. The van der Waals surface area contributed by atoms with E-state index in [1.54, 1.807) is 4.90 Å². The highest BCUT2D eigenvalue weighted by Gasteiger charge is 2.49. The Balaban J connectivity index is 1.44. The van der Waals surface area contributed by atoms with Crippen molar-refractivity contribution in [2.24, 2.45) is 0 Å². The first-order valence-corrected chi connectivity index (χ1v) is 9.05. The Bertz CT molecular complexity index is 732. The van der Waals surface area contributed by atoms with Gasteiger partial charge < -0.3 is 15.5 Å². The van der Waals surface area contributed by atoms with Crippen LogP contribution in [0, 0.1) is 0 Å². The highest BCUT2D eigenvalue weighted by Crippen LogP contribution is 2.35. The van der Waals surface area contributed by atoms with Crippen LogP contribution in [-0.2, 0) is 16.0 Å². The molecule has 1 saturated heterocycles. The standard InChI is InChI=1S/C19H23N3O3/c23-16-11-19(9-4-3-7-15(19)20-16)21-17(24)12-22-10-8-13-5-1-2-6-14(13)18(22)25/h1-2,5-6,15H,3-4,7-12H2,(H,20,23)(H,21,24)/t15-,19+/m0/s1. The van der Waals surface area contributed by atoms with Crippen LogP contribution in [0.25, 0.3) is 0 Å². The van der Waals surface area contributed by atoms with Crippen molar-refractivity contribution in [3.05, 3.63) is 35.4 Å². The lowest BCUT2D eigenvalue weighted by atomic mass is 9.78. The summed E-state index contributed by atoms with van der Waals surface area (Å²) >= 11 is 0.